The van der Waals surface area contributed by atoms with E-state index >= 15 is 0 Å². The molecule has 0 saturated carbocycles. The number of nitrogens with zero attached hydrogens (tertiary/aromatic N) is 1. The van der Waals surface area contributed by atoms with Crippen molar-refractivity contribution in [2.75, 3.05) is 13.1 Å². The standard InChI is InChI=1S/C14H20BrNO2S/c1-2-4-12-6-8-14(9-7-12)19(17,18)16-10-3-5-13(15)11-16/h6-9,13H,2-5,10-11H2,1H3. The minimum absolute atomic E-state index is 0.274. The summed E-state index contributed by atoms with van der Waals surface area (Å²) < 4.78 is 26.6. The largest absolute Gasteiger partial charge is 0.243 e. The lowest BCUT2D eigenvalue weighted by Crippen LogP contribution is -2.40. The van der Waals surface area contributed by atoms with Crippen molar-refractivity contribution in [3.8, 4) is 0 Å². The van der Waals surface area contributed by atoms with E-state index in [2.05, 4.69) is 22.9 Å². The fourth-order valence-corrected chi connectivity index (χ4v) is 4.77. The SMILES string of the molecule is CCCc1ccc(S(=O)(=O)N2CCCC(Br)C2)cc1. The molecule has 1 aromatic rings. The van der Waals surface area contributed by atoms with Crippen molar-refractivity contribution in [3.63, 3.8) is 0 Å². The third-order valence-corrected chi connectivity index (χ3v) is 6.05. The quantitative estimate of drug-likeness (QED) is 0.786. The summed E-state index contributed by atoms with van der Waals surface area (Å²) in [6.45, 7) is 3.31. The second kappa shape index (κ2) is 6.37. The van der Waals surface area contributed by atoms with Gasteiger partial charge in [0, 0.05) is 17.9 Å². The molecule has 1 unspecified atom stereocenters. The van der Waals surface area contributed by atoms with Crippen molar-refractivity contribution in [1.29, 1.82) is 0 Å². The van der Waals surface area contributed by atoms with E-state index in [9.17, 15) is 8.42 Å². The maximum absolute atomic E-state index is 12.5. The first-order valence-electron chi connectivity index (χ1n) is 6.77. The molecule has 106 valence electrons. The van der Waals surface area contributed by atoms with E-state index in [0.717, 1.165) is 25.7 Å². The van der Waals surface area contributed by atoms with Gasteiger partial charge in [0.25, 0.3) is 0 Å². The highest BCUT2D eigenvalue weighted by Gasteiger charge is 2.28. The molecule has 1 atom stereocenters. The maximum atomic E-state index is 12.5. The van der Waals surface area contributed by atoms with E-state index in [0.29, 0.717) is 18.0 Å². The van der Waals surface area contributed by atoms with Gasteiger partial charge in [0.2, 0.25) is 10.0 Å². The van der Waals surface area contributed by atoms with Crippen LogP contribution < -0.4 is 0 Å². The molecular formula is C14H20BrNO2S. The van der Waals surface area contributed by atoms with Crippen LogP contribution in [0.5, 0.6) is 0 Å². The van der Waals surface area contributed by atoms with Crippen LogP contribution in [0, 0.1) is 0 Å². The molecule has 2 rings (SSSR count). The monoisotopic (exact) mass is 345 g/mol. The van der Waals surface area contributed by atoms with Crippen molar-refractivity contribution in [2.24, 2.45) is 0 Å². The topological polar surface area (TPSA) is 37.4 Å². The summed E-state index contributed by atoms with van der Waals surface area (Å²) in [5.41, 5.74) is 1.19. The highest BCUT2D eigenvalue weighted by atomic mass is 79.9. The molecule has 0 amide bonds. The molecule has 1 aromatic carbocycles. The van der Waals surface area contributed by atoms with E-state index in [1.165, 1.54) is 5.56 Å². The summed E-state index contributed by atoms with van der Waals surface area (Å²) >= 11 is 3.52. The lowest BCUT2D eigenvalue weighted by molar-refractivity contribution is 0.356. The van der Waals surface area contributed by atoms with Gasteiger partial charge in [0.15, 0.2) is 0 Å². The fraction of sp³-hybridized carbons (Fsp3) is 0.571. The third kappa shape index (κ3) is 3.58. The second-order valence-electron chi connectivity index (χ2n) is 5.00. The molecule has 1 fully saturated rings. The molecule has 19 heavy (non-hydrogen) atoms. The number of benzene rings is 1. The Morgan fingerprint density at radius 3 is 2.58 bits per heavy atom. The van der Waals surface area contributed by atoms with Crippen LogP contribution in [0.1, 0.15) is 31.7 Å². The number of rotatable bonds is 4. The normalized spacial score (nSPS) is 21.5. The van der Waals surface area contributed by atoms with Crippen molar-refractivity contribution in [1.82, 2.24) is 4.31 Å². The molecule has 0 N–H and O–H groups in total. The van der Waals surface area contributed by atoms with Crippen molar-refractivity contribution < 1.29 is 8.42 Å². The van der Waals surface area contributed by atoms with Crippen molar-refractivity contribution in [2.45, 2.75) is 42.3 Å². The van der Waals surface area contributed by atoms with E-state index in [-0.39, 0.29) is 4.83 Å². The fourth-order valence-electron chi connectivity index (χ4n) is 2.38. The smallest absolute Gasteiger partial charge is 0.207 e. The summed E-state index contributed by atoms with van der Waals surface area (Å²) in [7, 11) is -3.32. The zero-order valence-electron chi connectivity index (χ0n) is 11.2. The van der Waals surface area contributed by atoms with Crippen LogP contribution in [0.3, 0.4) is 0 Å². The van der Waals surface area contributed by atoms with E-state index < -0.39 is 10.0 Å². The molecule has 1 aliphatic rings. The zero-order chi connectivity index (χ0) is 13.9. The van der Waals surface area contributed by atoms with Crippen LogP contribution in [0.15, 0.2) is 29.2 Å². The van der Waals surface area contributed by atoms with Gasteiger partial charge in [0.1, 0.15) is 0 Å². The van der Waals surface area contributed by atoms with Crippen molar-refractivity contribution in [3.05, 3.63) is 29.8 Å². The predicted octanol–water partition coefficient (Wildman–Crippen LogP) is 3.19. The predicted molar refractivity (Wildman–Crippen MR) is 81.1 cm³/mol. The number of aryl methyl sites for hydroxylation is 1. The summed E-state index contributed by atoms with van der Waals surface area (Å²) in [6, 6.07) is 7.31. The lowest BCUT2D eigenvalue weighted by Gasteiger charge is -2.29. The Labute approximate surface area is 124 Å². The summed E-state index contributed by atoms with van der Waals surface area (Å²) in [5, 5.41) is 0. The Morgan fingerprint density at radius 1 is 1.32 bits per heavy atom. The van der Waals surface area contributed by atoms with Crippen LogP contribution in [0.4, 0.5) is 0 Å². The molecule has 5 heteroatoms. The Morgan fingerprint density at radius 2 is 2.00 bits per heavy atom. The molecular weight excluding hydrogens is 326 g/mol. The van der Waals surface area contributed by atoms with Crippen LogP contribution in [-0.2, 0) is 16.4 Å². The molecule has 1 heterocycles. The van der Waals surface area contributed by atoms with E-state index in [1.54, 1.807) is 16.4 Å². The van der Waals surface area contributed by atoms with Crippen LogP contribution in [0.25, 0.3) is 0 Å². The number of alkyl halides is 1. The van der Waals surface area contributed by atoms with Crippen LogP contribution in [0.2, 0.25) is 0 Å². The summed E-state index contributed by atoms with van der Waals surface area (Å²) in [6.07, 6.45) is 4.03. The van der Waals surface area contributed by atoms with Gasteiger partial charge in [0.05, 0.1) is 4.90 Å². The molecule has 0 aromatic heterocycles. The average molecular weight is 346 g/mol. The Bertz CT molecular complexity index is 513. The Kier molecular flexibility index (Phi) is 5.03. The van der Waals surface area contributed by atoms with Gasteiger partial charge in [-0.25, -0.2) is 8.42 Å². The second-order valence-corrected chi connectivity index (χ2v) is 8.23. The molecule has 1 aliphatic heterocycles. The summed E-state index contributed by atoms with van der Waals surface area (Å²) in [5.74, 6) is 0. The van der Waals surface area contributed by atoms with Gasteiger partial charge >= 0.3 is 0 Å². The first-order valence-corrected chi connectivity index (χ1v) is 9.12. The van der Waals surface area contributed by atoms with Gasteiger partial charge < -0.3 is 0 Å². The van der Waals surface area contributed by atoms with Gasteiger partial charge in [-0.2, -0.15) is 4.31 Å². The molecule has 0 bridgehead atoms. The number of hydrogen-bond donors (Lipinski definition) is 0. The first-order chi connectivity index (χ1) is 9.04. The number of hydrogen-bond acceptors (Lipinski definition) is 2. The molecule has 3 nitrogen and oxygen atoms in total. The van der Waals surface area contributed by atoms with E-state index in [1.807, 2.05) is 12.1 Å². The molecule has 0 spiro atoms. The third-order valence-electron chi connectivity index (χ3n) is 3.43. The zero-order valence-corrected chi connectivity index (χ0v) is 13.6. The first kappa shape index (κ1) is 15.0. The highest BCUT2D eigenvalue weighted by molar-refractivity contribution is 9.09. The van der Waals surface area contributed by atoms with Crippen molar-refractivity contribution >= 4 is 26.0 Å². The summed E-state index contributed by atoms with van der Waals surface area (Å²) in [4.78, 5) is 0.685. The molecule has 0 aliphatic carbocycles. The Balaban J connectivity index is 2.18. The minimum Gasteiger partial charge on any atom is -0.207 e. The average Bonchev–Trinajstić information content (AvgIpc) is 2.40. The number of sulfonamides is 1. The number of piperidine rings is 1. The van der Waals surface area contributed by atoms with Gasteiger partial charge in [-0.1, -0.05) is 41.4 Å². The van der Waals surface area contributed by atoms with Crippen LogP contribution in [-0.4, -0.2) is 30.6 Å². The highest BCUT2D eigenvalue weighted by Crippen LogP contribution is 2.24. The van der Waals surface area contributed by atoms with E-state index in [4.69, 9.17) is 0 Å². The Hall–Kier alpha value is -0.390. The van der Waals surface area contributed by atoms with Crippen LogP contribution >= 0.6 is 15.9 Å². The van der Waals surface area contributed by atoms with Gasteiger partial charge in [-0.3, -0.25) is 0 Å². The lowest BCUT2D eigenvalue weighted by atomic mass is 10.1. The molecule has 1 saturated heterocycles. The number of halogens is 1. The van der Waals surface area contributed by atoms with Gasteiger partial charge in [-0.15, -0.1) is 0 Å². The molecule has 0 radical (unpaired) electrons. The minimum atomic E-state index is -3.32. The maximum Gasteiger partial charge on any atom is 0.243 e. The van der Waals surface area contributed by atoms with Gasteiger partial charge in [-0.05, 0) is 37.0 Å².